The first-order chi connectivity index (χ1) is 11.7. The second kappa shape index (κ2) is 7.33. The monoisotopic (exact) mass is 364 g/mol. The standard InChI is InChI=1S/C17H20N4O3.ClH/c1-10-6-12(4-5-18-10)17(22)20-16-13(8-19-21-16)11-2-3-14-15(7-11)24-9-23-14;/h2-3,7-8,10,12,18H,4-6,9H2,1H3,(H2,19,20,21,22);1H/t10-,12-;/m0./s1. The molecule has 3 N–H and O–H groups in total. The summed E-state index contributed by atoms with van der Waals surface area (Å²) in [6, 6.07) is 6.06. The molecule has 7 nitrogen and oxygen atoms in total. The van der Waals surface area contributed by atoms with Crippen molar-refractivity contribution in [2.24, 2.45) is 5.92 Å². The molecule has 3 heterocycles. The van der Waals surface area contributed by atoms with E-state index >= 15 is 0 Å². The average Bonchev–Trinajstić information content (AvgIpc) is 3.22. The minimum absolute atomic E-state index is 0. The zero-order valence-corrected chi connectivity index (χ0v) is 14.7. The molecule has 25 heavy (non-hydrogen) atoms. The molecular weight excluding hydrogens is 344 g/mol. The van der Waals surface area contributed by atoms with Crippen LogP contribution in [0.2, 0.25) is 0 Å². The first-order valence-electron chi connectivity index (χ1n) is 8.18. The predicted octanol–water partition coefficient (Wildman–Crippen LogP) is 2.55. The van der Waals surface area contributed by atoms with Gasteiger partial charge in [-0.1, -0.05) is 6.07 Å². The number of anilines is 1. The Morgan fingerprint density at radius 1 is 1.32 bits per heavy atom. The normalized spacial score (nSPS) is 21.5. The number of aromatic amines is 1. The lowest BCUT2D eigenvalue weighted by Crippen LogP contribution is -2.40. The van der Waals surface area contributed by atoms with Gasteiger partial charge in [0.2, 0.25) is 12.7 Å². The second-order valence-corrected chi connectivity index (χ2v) is 6.29. The van der Waals surface area contributed by atoms with E-state index < -0.39 is 0 Å². The summed E-state index contributed by atoms with van der Waals surface area (Å²) in [4.78, 5) is 12.6. The summed E-state index contributed by atoms with van der Waals surface area (Å²) in [5, 5.41) is 13.3. The number of aromatic nitrogens is 2. The number of rotatable bonds is 3. The molecule has 1 amide bonds. The van der Waals surface area contributed by atoms with Gasteiger partial charge >= 0.3 is 0 Å². The smallest absolute Gasteiger partial charge is 0.231 e. The van der Waals surface area contributed by atoms with E-state index in [1.54, 1.807) is 6.20 Å². The fourth-order valence-electron chi connectivity index (χ4n) is 3.26. The van der Waals surface area contributed by atoms with Gasteiger partial charge in [-0.05, 0) is 44.0 Å². The molecular formula is C17H21ClN4O3. The van der Waals surface area contributed by atoms with Gasteiger partial charge in [0, 0.05) is 17.5 Å². The van der Waals surface area contributed by atoms with Crippen LogP contribution in [0.5, 0.6) is 11.5 Å². The van der Waals surface area contributed by atoms with Crippen molar-refractivity contribution < 1.29 is 14.3 Å². The molecule has 0 bridgehead atoms. The number of carbonyl (C=O) groups is 1. The van der Waals surface area contributed by atoms with Gasteiger partial charge in [0.05, 0.1) is 6.20 Å². The van der Waals surface area contributed by atoms with E-state index in [4.69, 9.17) is 9.47 Å². The lowest BCUT2D eigenvalue weighted by Gasteiger charge is -2.27. The Balaban J connectivity index is 0.00000182. The Labute approximate surface area is 151 Å². The van der Waals surface area contributed by atoms with Crippen LogP contribution in [0.25, 0.3) is 11.1 Å². The lowest BCUT2D eigenvalue weighted by atomic mass is 9.92. The van der Waals surface area contributed by atoms with Gasteiger partial charge in [0.15, 0.2) is 11.5 Å². The second-order valence-electron chi connectivity index (χ2n) is 6.29. The molecule has 2 aliphatic heterocycles. The molecule has 1 aromatic heterocycles. The maximum absolute atomic E-state index is 12.6. The number of H-pyrrole nitrogens is 1. The maximum atomic E-state index is 12.6. The molecule has 134 valence electrons. The van der Waals surface area contributed by atoms with E-state index in [9.17, 15) is 4.79 Å². The van der Waals surface area contributed by atoms with Crippen LogP contribution in [0.4, 0.5) is 5.82 Å². The molecule has 0 unspecified atom stereocenters. The summed E-state index contributed by atoms with van der Waals surface area (Å²) in [7, 11) is 0. The van der Waals surface area contributed by atoms with Crippen LogP contribution < -0.4 is 20.1 Å². The highest BCUT2D eigenvalue weighted by atomic mass is 35.5. The van der Waals surface area contributed by atoms with Crippen molar-refractivity contribution in [2.75, 3.05) is 18.7 Å². The van der Waals surface area contributed by atoms with Crippen molar-refractivity contribution in [3.05, 3.63) is 24.4 Å². The third-order valence-electron chi connectivity index (χ3n) is 4.57. The Morgan fingerprint density at radius 2 is 2.16 bits per heavy atom. The summed E-state index contributed by atoms with van der Waals surface area (Å²) >= 11 is 0. The van der Waals surface area contributed by atoms with Gasteiger partial charge in [-0.2, -0.15) is 5.10 Å². The lowest BCUT2D eigenvalue weighted by molar-refractivity contribution is -0.120. The van der Waals surface area contributed by atoms with Crippen LogP contribution in [0, 0.1) is 5.92 Å². The number of benzene rings is 1. The van der Waals surface area contributed by atoms with Crippen LogP contribution in [-0.2, 0) is 4.79 Å². The summed E-state index contributed by atoms with van der Waals surface area (Å²) in [5.74, 6) is 2.11. The predicted molar refractivity (Wildman–Crippen MR) is 96.2 cm³/mol. The molecule has 8 heteroatoms. The van der Waals surface area contributed by atoms with Gasteiger partial charge in [0.1, 0.15) is 5.82 Å². The van der Waals surface area contributed by atoms with Crippen molar-refractivity contribution in [3.8, 4) is 22.6 Å². The van der Waals surface area contributed by atoms with Crippen molar-refractivity contribution in [1.29, 1.82) is 0 Å². The topological polar surface area (TPSA) is 88.3 Å². The molecule has 4 rings (SSSR count). The van der Waals surface area contributed by atoms with Gasteiger partial charge in [-0.3, -0.25) is 9.89 Å². The summed E-state index contributed by atoms with van der Waals surface area (Å²) in [6.07, 6.45) is 3.40. The van der Waals surface area contributed by atoms with Crippen LogP contribution in [0.15, 0.2) is 24.4 Å². The van der Waals surface area contributed by atoms with E-state index in [0.717, 1.165) is 36.3 Å². The van der Waals surface area contributed by atoms with Crippen LogP contribution >= 0.6 is 12.4 Å². The fourth-order valence-corrected chi connectivity index (χ4v) is 3.26. The van der Waals surface area contributed by atoms with Crippen molar-refractivity contribution in [1.82, 2.24) is 15.5 Å². The van der Waals surface area contributed by atoms with E-state index in [2.05, 4.69) is 27.8 Å². The molecule has 0 aliphatic carbocycles. The molecule has 1 aromatic carbocycles. The van der Waals surface area contributed by atoms with Gasteiger partial charge in [-0.25, -0.2) is 0 Å². The van der Waals surface area contributed by atoms with E-state index in [1.165, 1.54) is 0 Å². The number of halogens is 1. The number of fused-ring (bicyclic) bond motifs is 1. The van der Waals surface area contributed by atoms with Gasteiger partial charge < -0.3 is 20.1 Å². The summed E-state index contributed by atoms with van der Waals surface area (Å²) < 4.78 is 10.8. The summed E-state index contributed by atoms with van der Waals surface area (Å²) in [6.45, 7) is 3.21. The largest absolute Gasteiger partial charge is 0.454 e. The molecule has 1 saturated heterocycles. The number of hydrogen-bond donors (Lipinski definition) is 3. The molecule has 0 saturated carbocycles. The van der Waals surface area contributed by atoms with E-state index in [1.807, 2.05) is 18.2 Å². The van der Waals surface area contributed by atoms with E-state index in [0.29, 0.717) is 17.6 Å². The summed E-state index contributed by atoms with van der Waals surface area (Å²) in [5.41, 5.74) is 1.76. The SMILES string of the molecule is C[C@H]1C[C@@H](C(=O)Nc2[nH]ncc2-c2ccc3c(c2)OCO3)CCN1.Cl. The molecule has 0 spiro atoms. The molecule has 1 fully saturated rings. The van der Waals surface area contributed by atoms with Crippen LogP contribution in [0.1, 0.15) is 19.8 Å². The zero-order chi connectivity index (χ0) is 16.5. The fraction of sp³-hybridized carbons (Fsp3) is 0.412. The highest BCUT2D eigenvalue weighted by molar-refractivity contribution is 5.95. The van der Waals surface area contributed by atoms with Crippen molar-refractivity contribution in [2.45, 2.75) is 25.8 Å². The van der Waals surface area contributed by atoms with Crippen molar-refractivity contribution in [3.63, 3.8) is 0 Å². The number of nitrogens with zero attached hydrogens (tertiary/aromatic N) is 1. The number of amides is 1. The highest BCUT2D eigenvalue weighted by Crippen LogP contribution is 2.37. The van der Waals surface area contributed by atoms with Crippen LogP contribution in [0.3, 0.4) is 0 Å². The highest BCUT2D eigenvalue weighted by Gasteiger charge is 2.26. The number of carbonyl (C=O) groups excluding carboxylic acids is 1. The number of hydrogen-bond acceptors (Lipinski definition) is 5. The number of piperidine rings is 1. The average molecular weight is 365 g/mol. The van der Waals surface area contributed by atoms with E-state index in [-0.39, 0.29) is 31.0 Å². The third kappa shape index (κ3) is 3.57. The Kier molecular flexibility index (Phi) is 5.15. The Bertz CT molecular complexity index is 764. The van der Waals surface area contributed by atoms with Crippen LogP contribution in [-0.4, -0.2) is 35.5 Å². The minimum atomic E-state index is 0. The maximum Gasteiger partial charge on any atom is 0.231 e. The van der Waals surface area contributed by atoms with Gasteiger partial charge in [-0.15, -0.1) is 12.4 Å². The molecule has 2 aliphatic rings. The minimum Gasteiger partial charge on any atom is -0.454 e. The molecule has 2 atom stereocenters. The third-order valence-corrected chi connectivity index (χ3v) is 4.57. The van der Waals surface area contributed by atoms with Crippen molar-refractivity contribution >= 4 is 24.1 Å². The first-order valence-corrected chi connectivity index (χ1v) is 8.18. The Morgan fingerprint density at radius 3 is 3.00 bits per heavy atom. The van der Waals surface area contributed by atoms with Gasteiger partial charge in [0.25, 0.3) is 0 Å². The Hall–Kier alpha value is -2.25. The quantitative estimate of drug-likeness (QED) is 0.779. The number of nitrogens with one attached hydrogen (secondary N) is 3. The molecule has 2 aromatic rings. The zero-order valence-electron chi connectivity index (χ0n) is 13.9. The first kappa shape index (κ1) is 17.6. The molecule has 0 radical (unpaired) electrons. The number of ether oxygens (including phenoxy) is 2.